The second kappa shape index (κ2) is 7.92. The molecule has 1 atom stereocenters. The van der Waals surface area contributed by atoms with Crippen LogP contribution in [-0.4, -0.2) is 40.6 Å². The van der Waals surface area contributed by atoms with Gasteiger partial charge in [-0.2, -0.15) is 8.42 Å². The Labute approximate surface area is 154 Å². The van der Waals surface area contributed by atoms with Gasteiger partial charge < -0.3 is 14.8 Å². The summed E-state index contributed by atoms with van der Waals surface area (Å²) in [5, 5.41) is 6.42. The number of esters is 1. The zero-order valence-corrected chi connectivity index (χ0v) is 15.6. The SMILES string of the molecule is COC(=O)C1=C/C(=N\OS(C)(=O)=O)CC(c2ccc(Cl)c(OC)c2F)N1. The molecular weight excluding hydrogens is 391 g/mol. The summed E-state index contributed by atoms with van der Waals surface area (Å²) < 4.78 is 50.9. The topological polar surface area (TPSA) is 103 Å². The molecule has 1 N–H and O–H groups in total. The van der Waals surface area contributed by atoms with E-state index >= 15 is 0 Å². The van der Waals surface area contributed by atoms with Gasteiger partial charge >= 0.3 is 16.1 Å². The standard InChI is InChI=1S/C15H16ClFN2O6S/c1-23-14-10(16)5-4-9(13(14)17)11-6-8(19-25-26(3,21)22)7-12(18-11)15(20)24-2/h4-5,7,11,18H,6H2,1-3H3/b19-8-. The van der Waals surface area contributed by atoms with Crippen LogP contribution < -0.4 is 10.1 Å². The first kappa shape index (κ1) is 20.0. The van der Waals surface area contributed by atoms with Crippen LogP contribution in [0.5, 0.6) is 5.75 Å². The minimum absolute atomic E-state index is 0.0343. The molecule has 0 saturated heterocycles. The Hall–Kier alpha value is -2.33. The van der Waals surface area contributed by atoms with Crippen LogP contribution in [0.1, 0.15) is 18.0 Å². The van der Waals surface area contributed by atoms with Crippen molar-refractivity contribution in [2.75, 3.05) is 20.5 Å². The molecule has 0 saturated carbocycles. The molecule has 1 aliphatic heterocycles. The van der Waals surface area contributed by atoms with Crippen molar-refractivity contribution >= 4 is 33.4 Å². The predicted molar refractivity (Wildman–Crippen MR) is 91.9 cm³/mol. The number of oxime groups is 1. The Bertz CT molecular complexity index is 884. The van der Waals surface area contributed by atoms with Gasteiger partial charge in [0, 0.05) is 12.0 Å². The minimum Gasteiger partial charge on any atom is -0.492 e. The second-order valence-corrected chi connectivity index (χ2v) is 7.26. The maximum Gasteiger partial charge on any atom is 0.354 e. The molecule has 0 fully saturated rings. The maximum absolute atomic E-state index is 14.7. The van der Waals surface area contributed by atoms with Gasteiger partial charge in [0.05, 0.1) is 37.3 Å². The third-order valence-electron chi connectivity index (χ3n) is 3.41. The van der Waals surface area contributed by atoms with Crippen LogP contribution >= 0.6 is 11.6 Å². The van der Waals surface area contributed by atoms with Gasteiger partial charge in [-0.05, 0) is 12.1 Å². The second-order valence-electron chi connectivity index (χ2n) is 5.30. The summed E-state index contributed by atoms with van der Waals surface area (Å²) in [5.41, 5.74) is 0.216. The zero-order chi connectivity index (χ0) is 19.5. The Kier molecular flexibility index (Phi) is 6.09. The fourth-order valence-electron chi connectivity index (χ4n) is 2.31. The highest BCUT2D eigenvalue weighted by molar-refractivity contribution is 7.85. The summed E-state index contributed by atoms with van der Waals surface area (Å²) in [5.74, 6) is -1.60. The Morgan fingerprint density at radius 3 is 2.65 bits per heavy atom. The van der Waals surface area contributed by atoms with Crippen molar-refractivity contribution in [1.82, 2.24) is 5.32 Å². The van der Waals surface area contributed by atoms with Crippen LogP contribution in [-0.2, 0) is 23.9 Å². The average molecular weight is 407 g/mol. The number of carbonyl (C=O) groups excluding carboxylic acids is 1. The van der Waals surface area contributed by atoms with Crippen molar-refractivity contribution in [3.8, 4) is 5.75 Å². The van der Waals surface area contributed by atoms with E-state index in [1.807, 2.05) is 0 Å². The van der Waals surface area contributed by atoms with Gasteiger partial charge in [-0.15, -0.1) is 0 Å². The lowest BCUT2D eigenvalue weighted by Crippen LogP contribution is -2.33. The van der Waals surface area contributed by atoms with E-state index < -0.39 is 27.9 Å². The summed E-state index contributed by atoms with van der Waals surface area (Å²) in [7, 11) is -1.39. The third-order valence-corrected chi connectivity index (χ3v) is 4.05. The first-order valence-electron chi connectivity index (χ1n) is 7.20. The van der Waals surface area contributed by atoms with Crippen LogP contribution in [0, 0.1) is 5.82 Å². The van der Waals surface area contributed by atoms with Crippen LogP contribution in [0.25, 0.3) is 0 Å². The van der Waals surface area contributed by atoms with E-state index in [2.05, 4.69) is 19.5 Å². The molecule has 2 rings (SSSR count). The number of hydrogen-bond acceptors (Lipinski definition) is 8. The van der Waals surface area contributed by atoms with Gasteiger partial charge in [-0.25, -0.2) is 9.18 Å². The van der Waals surface area contributed by atoms with E-state index in [4.69, 9.17) is 16.3 Å². The summed E-state index contributed by atoms with van der Waals surface area (Å²) in [6.07, 6.45) is 2.13. The Morgan fingerprint density at radius 1 is 1.38 bits per heavy atom. The largest absolute Gasteiger partial charge is 0.492 e. The van der Waals surface area contributed by atoms with Crippen LogP contribution in [0.2, 0.25) is 5.02 Å². The lowest BCUT2D eigenvalue weighted by molar-refractivity contribution is -0.136. The number of carbonyl (C=O) groups is 1. The molecule has 0 spiro atoms. The average Bonchev–Trinajstić information content (AvgIpc) is 2.59. The highest BCUT2D eigenvalue weighted by atomic mass is 35.5. The summed E-state index contributed by atoms with van der Waals surface area (Å²) in [6.45, 7) is 0. The third kappa shape index (κ3) is 4.64. The summed E-state index contributed by atoms with van der Waals surface area (Å²) in [6, 6.07) is 2.11. The van der Waals surface area contributed by atoms with Gasteiger partial charge in [-0.1, -0.05) is 22.8 Å². The Balaban J connectivity index is 2.45. The molecule has 26 heavy (non-hydrogen) atoms. The molecule has 142 valence electrons. The molecule has 1 aromatic rings. The number of rotatable bonds is 5. The number of methoxy groups -OCH3 is 2. The fourth-order valence-corrected chi connectivity index (χ4v) is 2.77. The number of halogens is 2. The van der Waals surface area contributed by atoms with Gasteiger partial charge in [-0.3, -0.25) is 4.28 Å². The van der Waals surface area contributed by atoms with Gasteiger partial charge in [0.15, 0.2) is 11.6 Å². The normalized spacial score (nSPS) is 18.7. The van der Waals surface area contributed by atoms with Crippen LogP contribution in [0.15, 0.2) is 29.1 Å². The first-order chi connectivity index (χ1) is 12.2. The van der Waals surface area contributed by atoms with Gasteiger partial charge in [0.1, 0.15) is 5.70 Å². The molecule has 1 aliphatic rings. The molecular formula is C15H16ClFN2O6S. The van der Waals surface area contributed by atoms with E-state index in [0.29, 0.717) is 0 Å². The summed E-state index contributed by atoms with van der Waals surface area (Å²) in [4.78, 5) is 11.8. The van der Waals surface area contributed by atoms with Crippen molar-refractivity contribution in [2.45, 2.75) is 12.5 Å². The highest BCUT2D eigenvalue weighted by Crippen LogP contribution is 2.35. The van der Waals surface area contributed by atoms with Crippen LogP contribution in [0.4, 0.5) is 4.39 Å². The van der Waals surface area contributed by atoms with E-state index in [1.54, 1.807) is 0 Å². The molecule has 0 bridgehead atoms. The molecule has 0 aliphatic carbocycles. The number of ether oxygens (including phenoxy) is 2. The lowest BCUT2D eigenvalue weighted by Gasteiger charge is -2.26. The van der Waals surface area contributed by atoms with E-state index in [1.165, 1.54) is 32.4 Å². The monoisotopic (exact) mass is 406 g/mol. The van der Waals surface area contributed by atoms with Crippen molar-refractivity contribution in [2.24, 2.45) is 5.16 Å². The number of allylic oxidation sites excluding steroid dienone is 1. The Morgan fingerprint density at radius 2 is 2.08 bits per heavy atom. The molecule has 1 aromatic carbocycles. The molecule has 0 radical (unpaired) electrons. The predicted octanol–water partition coefficient (Wildman–Crippen LogP) is 1.91. The minimum atomic E-state index is -3.84. The van der Waals surface area contributed by atoms with Crippen molar-refractivity contribution in [1.29, 1.82) is 0 Å². The van der Waals surface area contributed by atoms with E-state index in [0.717, 1.165) is 6.26 Å². The van der Waals surface area contributed by atoms with Crippen molar-refractivity contribution in [3.63, 3.8) is 0 Å². The number of benzene rings is 1. The smallest absolute Gasteiger partial charge is 0.354 e. The van der Waals surface area contributed by atoms with E-state index in [9.17, 15) is 17.6 Å². The molecule has 1 unspecified atom stereocenters. The zero-order valence-electron chi connectivity index (χ0n) is 14.1. The van der Waals surface area contributed by atoms with Crippen molar-refractivity contribution in [3.05, 3.63) is 40.3 Å². The number of hydrogen-bond donors (Lipinski definition) is 1. The van der Waals surface area contributed by atoms with E-state index in [-0.39, 0.29) is 34.2 Å². The maximum atomic E-state index is 14.7. The van der Waals surface area contributed by atoms with Gasteiger partial charge in [0.25, 0.3) is 0 Å². The van der Waals surface area contributed by atoms with Gasteiger partial charge in [0.2, 0.25) is 0 Å². The highest BCUT2D eigenvalue weighted by Gasteiger charge is 2.28. The van der Waals surface area contributed by atoms with Crippen molar-refractivity contribution < 1.29 is 31.4 Å². The molecule has 1 heterocycles. The lowest BCUT2D eigenvalue weighted by atomic mass is 9.96. The summed E-state index contributed by atoms with van der Waals surface area (Å²) >= 11 is 5.89. The number of nitrogens with zero attached hydrogens (tertiary/aromatic N) is 1. The fraction of sp³-hybridized carbons (Fsp3) is 0.333. The molecule has 0 amide bonds. The molecule has 0 aromatic heterocycles. The molecule has 11 heteroatoms. The first-order valence-corrected chi connectivity index (χ1v) is 9.39. The van der Waals surface area contributed by atoms with Crippen LogP contribution in [0.3, 0.4) is 0 Å². The number of nitrogens with one attached hydrogen (secondary N) is 1. The molecule has 8 nitrogen and oxygen atoms in total. The quantitative estimate of drug-likeness (QED) is 0.588.